The summed E-state index contributed by atoms with van der Waals surface area (Å²) in [6, 6.07) is 14.2. The van der Waals surface area contributed by atoms with E-state index in [-0.39, 0.29) is 23.4 Å². The number of amides is 1. The maximum Gasteiger partial charge on any atom is 0.251 e. The molecule has 1 aliphatic heterocycles. The SMILES string of the molecule is Cc1ccc(C(=O)NC2CCCNC2)cc1S(=O)(=O)NCc1ccccc1. The monoisotopic (exact) mass is 387 g/mol. The predicted octanol–water partition coefficient (Wildman–Crippen LogP) is 1.96. The normalized spacial score (nSPS) is 17.4. The molecule has 0 aromatic heterocycles. The van der Waals surface area contributed by atoms with Gasteiger partial charge in [0.25, 0.3) is 5.91 Å². The van der Waals surface area contributed by atoms with Crippen LogP contribution in [-0.2, 0) is 16.6 Å². The second kappa shape index (κ2) is 8.65. The molecular formula is C20H25N3O3S. The Hall–Kier alpha value is -2.22. The highest BCUT2D eigenvalue weighted by atomic mass is 32.2. The molecule has 1 aliphatic rings. The first-order valence-corrected chi connectivity index (χ1v) is 10.6. The molecule has 0 spiro atoms. The quantitative estimate of drug-likeness (QED) is 0.707. The lowest BCUT2D eigenvalue weighted by atomic mass is 10.1. The van der Waals surface area contributed by atoms with Crippen molar-refractivity contribution in [1.29, 1.82) is 0 Å². The van der Waals surface area contributed by atoms with Crippen LogP contribution in [0.5, 0.6) is 0 Å². The van der Waals surface area contributed by atoms with E-state index in [1.54, 1.807) is 19.1 Å². The van der Waals surface area contributed by atoms with Gasteiger partial charge in [-0.25, -0.2) is 13.1 Å². The van der Waals surface area contributed by atoms with Crippen molar-refractivity contribution in [2.75, 3.05) is 13.1 Å². The molecule has 1 fully saturated rings. The number of carbonyl (C=O) groups excluding carboxylic acids is 1. The predicted molar refractivity (Wildman–Crippen MR) is 105 cm³/mol. The molecule has 1 unspecified atom stereocenters. The molecule has 7 heteroatoms. The van der Waals surface area contributed by atoms with Crippen molar-refractivity contribution in [2.45, 2.75) is 37.2 Å². The van der Waals surface area contributed by atoms with Gasteiger partial charge in [-0.3, -0.25) is 4.79 Å². The van der Waals surface area contributed by atoms with Crippen LogP contribution in [0.4, 0.5) is 0 Å². The maximum atomic E-state index is 12.7. The molecule has 144 valence electrons. The fourth-order valence-electron chi connectivity index (χ4n) is 3.13. The first-order chi connectivity index (χ1) is 13.0. The molecule has 1 heterocycles. The number of carbonyl (C=O) groups is 1. The topological polar surface area (TPSA) is 87.3 Å². The molecule has 3 N–H and O–H groups in total. The molecule has 0 bridgehead atoms. The Bertz CT molecular complexity index is 892. The highest BCUT2D eigenvalue weighted by Crippen LogP contribution is 2.18. The fraction of sp³-hybridized carbons (Fsp3) is 0.350. The second-order valence-electron chi connectivity index (χ2n) is 6.81. The van der Waals surface area contributed by atoms with Gasteiger partial charge in [-0.05, 0) is 49.6 Å². The Kier molecular flexibility index (Phi) is 6.26. The minimum absolute atomic E-state index is 0.0730. The van der Waals surface area contributed by atoms with Gasteiger partial charge < -0.3 is 10.6 Å². The van der Waals surface area contributed by atoms with Crippen LogP contribution in [0.25, 0.3) is 0 Å². The van der Waals surface area contributed by atoms with E-state index in [4.69, 9.17) is 0 Å². The summed E-state index contributed by atoms with van der Waals surface area (Å²) >= 11 is 0. The number of rotatable bonds is 6. The number of sulfonamides is 1. The molecule has 1 saturated heterocycles. The Morgan fingerprint density at radius 2 is 1.96 bits per heavy atom. The van der Waals surface area contributed by atoms with Crippen LogP contribution in [0.2, 0.25) is 0 Å². The fourth-order valence-corrected chi connectivity index (χ4v) is 4.41. The first-order valence-electron chi connectivity index (χ1n) is 9.11. The van der Waals surface area contributed by atoms with Crippen molar-refractivity contribution >= 4 is 15.9 Å². The molecule has 0 aliphatic carbocycles. The number of nitrogens with one attached hydrogen (secondary N) is 3. The van der Waals surface area contributed by atoms with Crippen LogP contribution in [-0.4, -0.2) is 33.5 Å². The molecule has 27 heavy (non-hydrogen) atoms. The number of hydrogen-bond acceptors (Lipinski definition) is 4. The zero-order valence-electron chi connectivity index (χ0n) is 15.4. The third kappa shape index (κ3) is 5.15. The smallest absolute Gasteiger partial charge is 0.251 e. The Labute approximate surface area is 160 Å². The van der Waals surface area contributed by atoms with Gasteiger partial charge in [-0.15, -0.1) is 0 Å². The minimum Gasteiger partial charge on any atom is -0.348 e. The molecule has 1 atom stereocenters. The van der Waals surface area contributed by atoms with Crippen molar-refractivity contribution < 1.29 is 13.2 Å². The molecule has 6 nitrogen and oxygen atoms in total. The van der Waals surface area contributed by atoms with Gasteiger partial charge in [-0.1, -0.05) is 36.4 Å². The standard InChI is InChI=1S/C20H25N3O3S/c1-15-9-10-17(20(24)23-18-8-5-11-21-14-18)12-19(15)27(25,26)22-13-16-6-3-2-4-7-16/h2-4,6-7,9-10,12,18,21-22H,5,8,11,13-14H2,1H3,(H,23,24). The minimum atomic E-state index is -3.72. The number of piperidine rings is 1. The summed E-state index contributed by atoms with van der Waals surface area (Å²) in [5.74, 6) is -0.247. The highest BCUT2D eigenvalue weighted by Gasteiger charge is 2.21. The zero-order chi connectivity index (χ0) is 19.3. The van der Waals surface area contributed by atoms with E-state index in [0.717, 1.165) is 31.5 Å². The molecule has 1 amide bonds. The van der Waals surface area contributed by atoms with E-state index >= 15 is 0 Å². The van der Waals surface area contributed by atoms with Crippen molar-refractivity contribution in [3.8, 4) is 0 Å². The van der Waals surface area contributed by atoms with Crippen LogP contribution < -0.4 is 15.4 Å². The van der Waals surface area contributed by atoms with E-state index in [1.165, 1.54) is 6.07 Å². The van der Waals surface area contributed by atoms with Gasteiger partial charge in [-0.2, -0.15) is 0 Å². The number of aryl methyl sites for hydroxylation is 1. The summed E-state index contributed by atoms with van der Waals surface area (Å²) in [7, 11) is -3.72. The van der Waals surface area contributed by atoms with Crippen LogP contribution in [0, 0.1) is 6.92 Å². The van der Waals surface area contributed by atoms with Crippen molar-refractivity contribution in [2.24, 2.45) is 0 Å². The summed E-state index contributed by atoms with van der Waals surface area (Å²) < 4.78 is 28.1. The van der Waals surface area contributed by atoms with Gasteiger partial charge in [0.15, 0.2) is 0 Å². The molecule has 2 aromatic carbocycles. The third-order valence-corrected chi connectivity index (χ3v) is 6.22. The van der Waals surface area contributed by atoms with Gasteiger partial charge >= 0.3 is 0 Å². The van der Waals surface area contributed by atoms with Crippen LogP contribution >= 0.6 is 0 Å². The van der Waals surface area contributed by atoms with Crippen LogP contribution in [0.3, 0.4) is 0 Å². The van der Waals surface area contributed by atoms with Crippen molar-refractivity contribution in [1.82, 2.24) is 15.4 Å². The van der Waals surface area contributed by atoms with E-state index < -0.39 is 10.0 Å². The van der Waals surface area contributed by atoms with E-state index in [1.807, 2.05) is 30.3 Å². The number of benzene rings is 2. The Morgan fingerprint density at radius 1 is 1.19 bits per heavy atom. The highest BCUT2D eigenvalue weighted by molar-refractivity contribution is 7.89. The molecule has 0 radical (unpaired) electrons. The van der Waals surface area contributed by atoms with E-state index in [9.17, 15) is 13.2 Å². The van der Waals surface area contributed by atoms with Gasteiger partial charge in [0.1, 0.15) is 0 Å². The van der Waals surface area contributed by atoms with Crippen molar-refractivity contribution in [3.63, 3.8) is 0 Å². The third-order valence-electron chi connectivity index (χ3n) is 4.68. The maximum absolute atomic E-state index is 12.7. The number of hydrogen-bond donors (Lipinski definition) is 3. The lowest BCUT2D eigenvalue weighted by molar-refractivity contribution is 0.0930. The molecule has 0 saturated carbocycles. The zero-order valence-corrected chi connectivity index (χ0v) is 16.2. The van der Waals surface area contributed by atoms with E-state index in [2.05, 4.69) is 15.4 Å². The summed E-state index contributed by atoms with van der Waals surface area (Å²) in [5, 5.41) is 6.22. The van der Waals surface area contributed by atoms with E-state index in [0.29, 0.717) is 11.1 Å². The molecular weight excluding hydrogens is 362 g/mol. The average Bonchev–Trinajstić information content (AvgIpc) is 2.68. The average molecular weight is 388 g/mol. The van der Waals surface area contributed by atoms with Crippen LogP contribution in [0.15, 0.2) is 53.4 Å². The van der Waals surface area contributed by atoms with Gasteiger partial charge in [0, 0.05) is 24.7 Å². The van der Waals surface area contributed by atoms with Gasteiger partial charge in [0.05, 0.1) is 4.90 Å². The molecule has 3 rings (SSSR count). The first kappa shape index (κ1) is 19.5. The summed E-state index contributed by atoms with van der Waals surface area (Å²) in [6.07, 6.45) is 1.94. The Morgan fingerprint density at radius 3 is 2.67 bits per heavy atom. The lowest BCUT2D eigenvalue weighted by Gasteiger charge is -2.24. The summed E-state index contributed by atoms with van der Waals surface area (Å²) in [5.41, 5.74) is 1.83. The van der Waals surface area contributed by atoms with Gasteiger partial charge in [0.2, 0.25) is 10.0 Å². The van der Waals surface area contributed by atoms with Crippen molar-refractivity contribution in [3.05, 3.63) is 65.2 Å². The Balaban J connectivity index is 1.74. The molecule has 2 aromatic rings. The van der Waals surface area contributed by atoms with Crippen LogP contribution in [0.1, 0.15) is 34.3 Å². The second-order valence-corrected chi connectivity index (χ2v) is 8.54. The summed E-state index contributed by atoms with van der Waals surface area (Å²) in [6.45, 7) is 3.63. The largest absolute Gasteiger partial charge is 0.348 e. The summed E-state index contributed by atoms with van der Waals surface area (Å²) in [4.78, 5) is 12.7. The lowest BCUT2D eigenvalue weighted by Crippen LogP contribution is -2.45.